The normalized spacial score (nSPS) is 12.9. The van der Waals surface area contributed by atoms with E-state index < -0.39 is 13.5 Å². The second-order valence-corrected chi connectivity index (χ2v) is 19.0. The smallest absolute Gasteiger partial charge is 0.0146 e. The third-order valence-corrected chi connectivity index (χ3v) is 11.3. The summed E-state index contributed by atoms with van der Waals surface area (Å²) in [4.78, 5) is 4.81. The number of nitrogens with zero attached hydrogens (tertiary/aromatic N) is 2. The Hall–Kier alpha value is -3.89. The van der Waals surface area contributed by atoms with Crippen LogP contribution in [-0.4, -0.2) is 31.9 Å². The molecule has 266 valence electrons. The Bertz CT molecular complexity index is 2170. The van der Waals surface area contributed by atoms with Gasteiger partial charge in [-0.1, -0.05) is 35.4 Å². The Labute approximate surface area is 316 Å². The van der Waals surface area contributed by atoms with E-state index >= 15 is 0 Å². The zero-order valence-electron chi connectivity index (χ0n) is 30.5. The third-order valence-electron chi connectivity index (χ3n) is 9.49. The molecule has 1 heterocycles. The number of hydrogen-bond acceptors (Lipinski definition) is 4. The molecule has 1 aliphatic heterocycles. The minimum absolute atomic E-state index is 0.758. The summed E-state index contributed by atoms with van der Waals surface area (Å²) in [6.07, 6.45) is 0. The molecule has 6 aromatic carbocycles. The fourth-order valence-corrected chi connectivity index (χ4v) is 9.51. The van der Waals surface area contributed by atoms with Crippen molar-refractivity contribution in [3.05, 3.63) is 137 Å². The van der Waals surface area contributed by atoms with Crippen LogP contribution in [0.2, 0.25) is 0 Å². The van der Waals surface area contributed by atoms with E-state index in [1.54, 1.807) is 14.2 Å². The SMILES string of the molecule is COc1ccc2ccccc2c1-c1c(OC)c([CH]=[Ru]([Cl])[Cl])cc2ccccc12.Cc1cc(C)c(N2[CH-]N(c3c(C)cc(C)cc3C)CC2)c(C)c1. The number of halogens is 2. The van der Waals surface area contributed by atoms with Gasteiger partial charge in [-0.15, -0.1) is 0 Å². The van der Waals surface area contributed by atoms with Crippen molar-refractivity contribution in [1.82, 2.24) is 0 Å². The van der Waals surface area contributed by atoms with Crippen molar-refractivity contribution in [3.63, 3.8) is 0 Å². The minimum atomic E-state index is -2.04. The Morgan fingerprint density at radius 1 is 0.608 bits per heavy atom. The monoisotopic (exact) mass is 805 g/mol. The van der Waals surface area contributed by atoms with Crippen LogP contribution in [-0.2, 0) is 13.5 Å². The van der Waals surface area contributed by atoms with Gasteiger partial charge in [0.15, 0.2) is 0 Å². The molecular weight excluding hydrogens is 760 g/mol. The van der Waals surface area contributed by atoms with Gasteiger partial charge in [0.2, 0.25) is 0 Å². The zero-order valence-corrected chi connectivity index (χ0v) is 33.8. The van der Waals surface area contributed by atoms with Crippen LogP contribution >= 0.6 is 19.4 Å². The Morgan fingerprint density at radius 2 is 1.10 bits per heavy atom. The molecule has 51 heavy (non-hydrogen) atoms. The van der Waals surface area contributed by atoms with Crippen LogP contribution in [0.1, 0.15) is 38.9 Å². The molecule has 0 aliphatic carbocycles. The van der Waals surface area contributed by atoms with Gasteiger partial charge in [0.25, 0.3) is 0 Å². The quantitative estimate of drug-likeness (QED) is 0.124. The number of hydrogen-bond donors (Lipinski definition) is 0. The Balaban J connectivity index is 0.000000179. The van der Waals surface area contributed by atoms with Crippen LogP contribution in [0.5, 0.6) is 11.5 Å². The minimum Gasteiger partial charge on any atom is -0.502 e. The van der Waals surface area contributed by atoms with Gasteiger partial charge in [0.1, 0.15) is 0 Å². The van der Waals surface area contributed by atoms with Gasteiger partial charge in [-0.3, -0.25) is 0 Å². The predicted octanol–water partition coefficient (Wildman–Crippen LogP) is 11.7. The first-order valence-electron chi connectivity index (χ1n) is 17.0. The van der Waals surface area contributed by atoms with Crippen molar-refractivity contribution in [2.45, 2.75) is 41.5 Å². The van der Waals surface area contributed by atoms with Crippen molar-refractivity contribution in [2.24, 2.45) is 0 Å². The Kier molecular flexibility index (Phi) is 11.4. The molecule has 7 heteroatoms. The van der Waals surface area contributed by atoms with E-state index in [1.165, 1.54) is 44.8 Å². The summed E-state index contributed by atoms with van der Waals surface area (Å²) in [7, 11) is 15.8. The molecule has 0 amide bonds. The molecule has 0 unspecified atom stereocenters. The van der Waals surface area contributed by atoms with Crippen molar-refractivity contribution in [3.8, 4) is 22.6 Å². The summed E-state index contributed by atoms with van der Waals surface area (Å²) in [5.74, 6) is 1.55. The van der Waals surface area contributed by atoms with Crippen molar-refractivity contribution in [2.75, 3.05) is 37.1 Å². The maximum absolute atomic E-state index is 6.22. The molecule has 0 spiro atoms. The van der Waals surface area contributed by atoms with Gasteiger partial charge >= 0.3 is 178 Å². The molecule has 0 N–H and O–H groups in total. The van der Waals surface area contributed by atoms with E-state index in [0.29, 0.717) is 0 Å². The molecule has 4 nitrogen and oxygen atoms in total. The molecule has 1 fully saturated rings. The molecule has 0 aromatic heterocycles. The largest absolute Gasteiger partial charge is 0.502 e. The Morgan fingerprint density at radius 3 is 1.59 bits per heavy atom. The molecule has 7 rings (SSSR count). The van der Waals surface area contributed by atoms with E-state index in [4.69, 9.17) is 28.9 Å². The molecule has 1 aliphatic rings. The van der Waals surface area contributed by atoms with Crippen molar-refractivity contribution >= 4 is 56.9 Å². The number of aryl methyl sites for hydroxylation is 6. The molecule has 1 saturated heterocycles. The topological polar surface area (TPSA) is 24.9 Å². The van der Waals surface area contributed by atoms with Crippen LogP contribution in [0.25, 0.3) is 32.7 Å². The number of anilines is 2. The molecule has 0 radical (unpaired) electrons. The zero-order chi connectivity index (χ0) is 36.4. The average molecular weight is 806 g/mol. The standard InChI is InChI=1S/C23H18O2.C21H27N2.2ClH.Ru/c1-15-14-17-9-5-7-11-19(17)22(23(15)25-3)21-18-10-6-4-8-16(18)12-13-20(21)24-2;1-14-9-16(3)20(17(4)10-14)22-7-8-23(13-22)21-18(5)11-15(2)12-19(21)6;;;/h1,4-14H,2-3H3;9-13H,7-8H2,1-6H3;2*1H;/q;-1;;;+2/p-2. The number of benzene rings is 6. The summed E-state index contributed by atoms with van der Waals surface area (Å²) < 4.78 is 13.6. The van der Waals surface area contributed by atoms with Crippen LogP contribution in [0.15, 0.2) is 91.0 Å². The van der Waals surface area contributed by atoms with Crippen LogP contribution < -0.4 is 19.3 Å². The van der Waals surface area contributed by atoms with Crippen LogP contribution in [0.3, 0.4) is 0 Å². The maximum Gasteiger partial charge on any atom is 0.0146 e. The van der Waals surface area contributed by atoms with Crippen molar-refractivity contribution < 1.29 is 23.0 Å². The number of rotatable bonds is 6. The van der Waals surface area contributed by atoms with Gasteiger partial charge in [-0.25, -0.2) is 0 Å². The fraction of sp³-hybridized carbons (Fsp3) is 0.227. The molecular formula is C44H45Cl2N2O2Ru-. The number of methoxy groups -OCH3 is 2. The van der Waals surface area contributed by atoms with E-state index in [9.17, 15) is 0 Å². The first-order chi connectivity index (χ1) is 24.5. The van der Waals surface area contributed by atoms with Crippen LogP contribution in [0, 0.1) is 48.2 Å². The molecule has 0 atom stereocenters. The summed E-state index contributed by atoms with van der Waals surface area (Å²) in [6, 6.07) is 31.8. The first kappa shape index (κ1) is 36.9. The molecule has 0 bridgehead atoms. The summed E-state index contributed by atoms with van der Waals surface area (Å²) in [5, 5.41) is 4.44. The van der Waals surface area contributed by atoms with Gasteiger partial charge < -0.3 is 9.80 Å². The number of fused-ring (bicyclic) bond motifs is 2. The van der Waals surface area contributed by atoms with Gasteiger partial charge in [-0.05, 0) is 63.8 Å². The van der Waals surface area contributed by atoms with Gasteiger partial charge in [-0.2, -0.15) is 6.67 Å². The molecule has 6 aromatic rings. The summed E-state index contributed by atoms with van der Waals surface area (Å²) in [5.41, 5.74) is 13.7. The van der Waals surface area contributed by atoms with Gasteiger partial charge in [0, 0.05) is 24.5 Å². The van der Waals surface area contributed by atoms with E-state index in [0.717, 1.165) is 62.8 Å². The fourth-order valence-electron chi connectivity index (χ4n) is 7.75. The first-order valence-corrected chi connectivity index (χ1v) is 22.5. The average Bonchev–Trinajstić information content (AvgIpc) is 3.55. The predicted molar refractivity (Wildman–Crippen MR) is 217 cm³/mol. The summed E-state index contributed by atoms with van der Waals surface area (Å²) >= 11 is -2.04. The second-order valence-electron chi connectivity index (χ2n) is 13.3. The summed E-state index contributed by atoms with van der Waals surface area (Å²) in [6.45, 7) is 17.6. The van der Waals surface area contributed by atoms with E-state index in [2.05, 4.69) is 119 Å². The maximum atomic E-state index is 6.22. The second kappa shape index (κ2) is 15.8. The van der Waals surface area contributed by atoms with Crippen LogP contribution in [0.4, 0.5) is 11.4 Å². The number of ether oxygens (including phenoxy) is 2. The van der Waals surface area contributed by atoms with E-state index in [1.807, 2.05) is 34.9 Å². The van der Waals surface area contributed by atoms with Gasteiger partial charge in [0.05, 0.1) is 0 Å². The molecule has 0 saturated carbocycles. The van der Waals surface area contributed by atoms with E-state index in [-0.39, 0.29) is 0 Å². The third kappa shape index (κ3) is 7.68. The van der Waals surface area contributed by atoms with Crippen molar-refractivity contribution in [1.29, 1.82) is 0 Å².